The van der Waals surface area contributed by atoms with Crippen LogP contribution in [0, 0.1) is 5.92 Å². The summed E-state index contributed by atoms with van der Waals surface area (Å²) in [5, 5.41) is 3.26. The quantitative estimate of drug-likeness (QED) is 0.767. The maximum absolute atomic E-state index is 12.4. The number of anilines is 1. The largest absolute Gasteiger partial charge is 0.369 e. The van der Waals surface area contributed by atoms with Crippen molar-refractivity contribution in [2.45, 2.75) is 19.0 Å². The van der Waals surface area contributed by atoms with E-state index >= 15 is 0 Å². The van der Waals surface area contributed by atoms with E-state index in [1.807, 2.05) is 18.2 Å². The molecule has 1 aromatic rings. The van der Waals surface area contributed by atoms with Crippen molar-refractivity contribution in [2.75, 3.05) is 11.9 Å². The first kappa shape index (κ1) is 11.1. The number of fused-ring (bicyclic) bond motifs is 2. The number of nitrogens with two attached hydrogens (primary N) is 1. The highest BCUT2D eigenvalue weighted by molar-refractivity contribution is 6.02. The first-order valence-corrected chi connectivity index (χ1v) is 6.14. The fraction of sp³-hybridized carbons (Fsp3) is 0.385. The number of primary amides is 1. The number of nitrogens with one attached hydrogen (secondary N) is 1. The predicted octanol–water partition coefficient (Wildman–Crippen LogP) is 0.776. The van der Waals surface area contributed by atoms with Crippen LogP contribution in [0.15, 0.2) is 24.3 Å². The van der Waals surface area contributed by atoms with Gasteiger partial charge >= 0.3 is 0 Å². The third kappa shape index (κ3) is 1.54. The van der Waals surface area contributed by atoms with E-state index in [0.29, 0.717) is 12.1 Å². The molecule has 0 saturated carbocycles. The van der Waals surface area contributed by atoms with Gasteiger partial charge in [0.15, 0.2) is 0 Å². The molecule has 5 heteroatoms. The fourth-order valence-corrected chi connectivity index (χ4v) is 2.81. The number of carbonyl (C=O) groups is 2. The molecule has 1 saturated heterocycles. The molecule has 3 N–H and O–H groups in total. The van der Waals surface area contributed by atoms with Crippen LogP contribution in [0.25, 0.3) is 0 Å². The van der Waals surface area contributed by atoms with Gasteiger partial charge in [0.1, 0.15) is 6.17 Å². The number of nitrogens with zero attached hydrogens (tertiary/aromatic N) is 1. The third-order valence-electron chi connectivity index (χ3n) is 3.72. The minimum atomic E-state index is -0.343. The normalized spacial score (nSPS) is 26.0. The van der Waals surface area contributed by atoms with Gasteiger partial charge in [-0.25, -0.2) is 0 Å². The second-order valence-corrected chi connectivity index (χ2v) is 4.78. The van der Waals surface area contributed by atoms with Crippen molar-refractivity contribution in [1.29, 1.82) is 0 Å². The van der Waals surface area contributed by atoms with Crippen LogP contribution in [0.1, 0.15) is 23.2 Å². The van der Waals surface area contributed by atoms with Gasteiger partial charge in [0.25, 0.3) is 5.91 Å². The lowest BCUT2D eigenvalue weighted by Crippen LogP contribution is -2.58. The first-order chi connectivity index (χ1) is 8.68. The lowest BCUT2D eigenvalue weighted by atomic mass is 9.90. The Balaban J connectivity index is 2.01. The van der Waals surface area contributed by atoms with Gasteiger partial charge in [-0.3, -0.25) is 9.59 Å². The molecular weight excluding hydrogens is 230 g/mol. The summed E-state index contributed by atoms with van der Waals surface area (Å²) in [7, 11) is 0. The number of carbonyl (C=O) groups excluding carboxylic acids is 2. The van der Waals surface area contributed by atoms with E-state index in [1.54, 1.807) is 11.0 Å². The highest BCUT2D eigenvalue weighted by Crippen LogP contribution is 2.32. The molecule has 2 unspecified atom stereocenters. The summed E-state index contributed by atoms with van der Waals surface area (Å²) in [6.07, 6.45) is 1.26. The van der Waals surface area contributed by atoms with Crippen LogP contribution in [0.2, 0.25) is 0 Å². The van der Waals surface area contributed by atoms with Crippen molar-refractivity contribution in [3.8, 4) is 0 Å². The molecule has 0 radical (unpaired) electrons. The zero-order chi connectivity index (χ0) is 12.7. The summed E-state index contributed by atoms with van der Waals surface area (Å²) in [5.74, 6) is -0.666. The van der Waals surface area contributed by atoms with E-state index in [9.17, 15) is 9.59 Å². The Morgan fingerprint density at radius 3 is 2.94 bits per heavy atom. The highest BCUT2D eigenvalue weighted by atomic mass is 16.2. The van der Waals surface area contributed by atoms with Crippen LogP contribution in [0.5, 0.6) is 0 Å². The zero-order valence-electron chi connectivity index (χ0n) is 9.93. The smallest absolute Gasteiger partial charge is 0.257 e. The predicted molar refractivity (Wildman–Crippen MR) is 66.8 cm³/mol. The molecule has 2 heterocycles. The Labute approximate surface area is 105 Å². The Hall–Kier alpha value is -2.04. The molecule has 5 nitrogen and oxygen atoms in total. The zero-order valence-corrected chi connectivity index (χ0v) is 9.93. The van der Waals surface area contributed by atoms with E-state index in [2.05, 4.69) is 5.32 Å². The minimum absolute atomic E-state index is 0.0136. The molecule has 1 fully saturated rings. The summed E-state index contributed by atoms with van der Waals surface area (Å²) in [6, 6.07) is 7.37. The Bertz CT molecular complexity index is 515. The lowest BCUT2D eigenvalue weighted by Gasteiger charge is -2.44. The second-order valence-electron chi connectivity index (χ2n) is 4.78. The van der Waals surface area contributed by atoms with E-state index in [1.165, 1.54) is 0 Å². The SMILES string of the molecule is NC(=O)C1CCCN2C(=O)c3ccccc3NC12. The molecule has 2 aliphatic heterocycles. The van der Waals surface area contributed by atoms with Gasteiger partial charge in [0.2, 0.25) is 5.91 Å². The van der Waals surface area contributed by atoms with Crippen molar-refractivity contribution in [3.05, 3.63) is 29.8 Å². The molecular formula is C13H15N3O2. The summed E-state index contributed by atoms with van der Waals surface area (Å²) in [6.45, 7) is 0.675. The Morgan fingerprint density at radius 1 is 1.39 bits per heavy atom. The molecule has 0 spiro atoms. The van der Waals surface area contributed by atoms with E-state index in [-0.39, 0.29) is 23.9 Å². The average Bonchev–Trinajstić information content (AvgIpc) is 2.38. The number of rotatable bonds is 1. The second kappa shape index (κ2) is 4.01. The van der Waals surface area contributed by atoms with Crippen molar-refractivity contribution in [3.63, 3.8) is 0 Å². The molecule has 0 aromatic heterocycles. The molecule has 2 atom stereocenters. The van der Waals surface area contributed by atoms with Crippen molar-refractivity contribution in [2.24, 2.45) is 11.7 Å². The number of piperidine rings is 1. The molecule has 3 rings (SSSR count). The molecule has 0 bridgehead atoms. The number of hydrogen-bond acceptors (Lipinski definition) is 3. The molecule has 0 aliphatic carbocycles. The first-order valence-electron chi connectivity index (χ1n) is 6.14. The maximum atomic E-state index is 12.4. The van der Waals surface area contributed by atoms with Crippen molar-refractivity contribution in [1.82, 2.24) is 4.90 Å². The number of benzene rings is 1. The van der Waals surface area contributed by atoms with Gasteiger partial charge in [-0.05, 0) is 25.0 Å². The minimum Gasteiger partial charge on any atom is -0.369 e. The molecule has 2 aliphatic rings. The van der Waals surface area contributed by atoms with Crippen LogP contribution >= 0.6 is 0 Å². The van der Waals surface area contributed by atoms with Gasteiger partial charge in [-0.2, -0.15) is 0 Å². The van der Waals surface area contributed by atoms with Gasteiger partial charge in [0.05, 0.1) is 11.5 Å². The van der Waals surface area contributed by atoms with E-state index < -0.39 is 0 Å². The Kier molecular flexibility index (Phi) is 2.47. The van der Waals surface area contributed by atoms with Crippen LogP contribution in [-0.4, -0.2) is 29.4 Å². The van der Waals surface area contributed by atoms with Crippen molar-refractivity contribution >= 4 is 17.5 Å². The summed E-state index contributed by atoms with van der Waals surface area (Å²) in [5.41, 5.74) is 6.88. The van der Waals surface area contributed by atoms with Crippen LogP contribution < -0.4 is 11.1 Å². The third-order valence-corrected chi connectivity index (χ3v) is 3.72. The number of hydrogen-bond donors (Lipinski definition) is 2. The van der Waals surface area contributed by atoms with Crippen LogP contribution in [-0.2, 0) is 4.79 Å². The van der Waals surface area contributed by atoms with Crippen LogP contribution in [0.3, 0.4) is 0 Å². The van der Waals surface area contributed by atoms with Crippen molar-refractivity contribution < 1.29 is 9.59 Å². The lowest BCUT2D eigenvalue weighted by molar-refractivity contribution is -0.124. The number of para-hydroxylation sites is 1. The van der Waals surface area contributed by atoms with Gasteiger partial charge in [-0.1, -0.05) is 12.1 Å². The van der Waals surface area contributed by atoms with E-state index in [0.717, 1.165) is 18.5 Å². The molecule has 18 heavy (non-hydrogen) atoms. The average molecular weight is 245 g/mol. The van der Waals surface area contributed by atoms with Gasteiger partial charge in [-0.15, -0.1) is 0 Å². The summed E-state index contributed by atoms with van der Waals surface area (Å²) >= 11 is 0. The fourth-order valence-electron chi connectivity index (χ4n) is 2.81. The standard InChI is InChI=1S/C13H15N3O2/c14-11(17)9-5-3-7-16-12(9)15-10-6-2-1-4-8(10)13(16)18/h1-2,4,6,9,12,15H,3,5,7H2,(H2,14,17). The van der Waals surface area contributed by atoms with Gasteiger partial charge < -0.3 is 16.0 Å². The van der Waals surface area contributed by atoms with E-state index in [4.69, 9.17) is 5.73 Å². The Morgan fingerprint density at radius 2 is 2.17 bits per heavy atom. The highest BCUT2D eigenvalue weighted by Gasteiger charge is 2.41. The number of amides is 2. The summed E-state index contributed by atoms with van der Waals surface area (Å²) in [4.78, 5) is 25.5. The molecule has 2 amide bonds. The topological polar surface area (TPSA) is 75.4 Å². The monoisotopic (exact) mass is 245 g/mol. The molecule has 1 aromatic carbocycles. The maximum Gasteiger partial charge on any atom is 0.257 e. The van der Waals surface area contributed by atoms with Gasteiger partial charge in [0, 0.05) is 12.2 Å². The molecule has 94 valence electrons. The van der Waals surface area contributed by atoms with Crippen LogP contribution in [0.4, 0.5) is 5.69 Å². The summed E-state index contributed by atoms with van der Waals surface area (Å²) < 4.78 is 0.